The second-order valence-corrected chi connectivity index (χ2v) is 10.1. The summed E-state index contributed by atoms with van der Waals surface area (Å²) in [6.45, 7) is 4.02. The van der Waals surface area contributed by atoms with Gasteiger partial charge in [-0.15, -0.1) is 0 Å². The summed E-state index contributed by atoms with van der Waals surface area (Å²) in [7, 11) is 2.13. The van der Waals surface area contributed by atoms with Gasteiger partial charge < -0.3 is 25.3 Å². The van der Waals surface area contributed by atoms with Crippen molar-refractivity contribution in [2.24, 2.45) is 0 Å². The number of hydrogen-bond acceptors (Lipinski definition) is 5. The van der Waals surface area contributed by atoms with E-state index in [0.29, 0.717) is 47.4 Å². The summed E-state index contributed by atoms with van der Waals surface area (Å²) in [4.78, 5) is 23.4. The van der Waals surface area contributed by atoms with E-state index in [2.05, 4.69) is 32.5 Å². The number of aromatic nitrogens is 2. The third-order valence-electron chi connectivity index (χ3n) is 7.88. The van der Waals surface area contributed by atoms with Crippen LogP contribution in [-0.4, -0.2) is 53.6 Å². The first-order valence-corrected chi connectivity index (χ1v) is 12.3. The number of rotatable bonds is 6. The molecule has 8 heteroatoms. The molecule has 4 heterocycles. The molecule has 3 N–H and O–H groups in total. The van der Waals surface area contributed by atoms with Crippen LogP contribution in [-0.2, 0) is 5.41 Å². The van der Waals surface area contributed by atoms with Gasteiger partial charge in [0.05, 0.1) is 23.1 Å². The second kappa shape index (κ2) is 8.37. The van der Waals surface area contributed by atoms with E-state index in [1.165, 1.54) is 12.5 Å². The fourth-order valence-corrected chi connectivity index (χ4v) is 5.41. The Morgan fingerprint density at radius 3 is 2.94 bits per heavy atom. The van der Waals surface area contributed by atoms with Gasteiger partial charge in [-0.25, -0.2) is 4.39 Å². The van der Waals surface area contributed by atoms with Crippen molar-refractivity contribution < 1.29 is 13.9 Å². The zero-order valence-corrected chi connectivity index (χ0v) is 20.1. The van der Waals surface area contributed by atoms with Gasteiger partial charge in [0.25, 0.3) is 5.91 Å². The highest BCUT2D eigenvalue weighted by Crippen LogP contribution is 2.54. The summed E-state index contributed by atoms with van der Waals surface area (Å²) in [6, 6.07) is 7.22. The van der Waals surface area contributed by atoms with Crippen LogP contribution in [0.5, 0.6) is 5.75 Å². The Labute approximate surface area is 204 Å². The van der Waals surface area contributed by atoms with Gasteiger partial charge in [0.15, 0.2) is 0 Å². The van der Waals surface area contributed by atoms with E-state index in [1.54, 1.807) is 25.4 Å². The molecule has 1 spiro atoms. The van der Waals surface area contributed by atoms with Gasteiger partial charge in [0.1, 0.15) is 18.2 Å². The minimum atomic E-state index is -0.294. The number of aromatic amines is 1. The van der Waals surface area contributed by atoms with Crippen LogP contribution in [0.2, 0.25) is 0 Å². The number of anilines is 2. The molecule has 0 radical (unpaired) electrons. The molecule has 6 rings (SSSR count). The smallest absolute Gasteiger partial charge is 0.255 e. The van der Waals surface area contributed by atoms with Crippen LogP contribution in [0.3, 0.4) is 0 Å². The average molecular weight is 476 g/mol. The monoisotopic (exact) mass is 475 g/mol. The SMILES string of the molecule is Cc1c(F)cccc1Nc1c(-c2ccncc2OC[C@H]2CCCN2C)[nH]c2c1C(=O)NCC21CC1. The lowest BCUT2D eigenvalue weighted by Crippen LogP contribution is -2.39. The van der Waals surface area contributed by atoms with Crippen molar-refractivity contribution >= 4 is 17.3 Å². The topological polar surface area (TPSA) is 82.3 Å². The first-order chi connectivity index (χ1) is 17.0. The van der Waals surface area contributed by atoms with Gasteiger partial charge >= 0.3 is 0 Å². The predicted octanol–water partition coefficient (Wildman–Crippen LogP) is 4.52. The number of carbonyl (C=O) groups excluding carboxylic acids is 1. The second-order valence-electron chi connectivity index (χ2n) is 10.1. The molecule has 1 aliphatic carbocycles. The Morgan fingerprint density at radius 1 is 1.31 bits per heavy atom. The van der Waals surface area contributed by atoms with Gasteiger partial charge in [-0.05, 0) is 64.4 Å². The third-order valence-corrected chi connectivity index (χ3v) is 7.88. The number of benzene rings is 1. The first kappa shape index (κ1) is 22.1. The van der Waals surface area contributed by atoms with Crippen LogP contribution in [0.1, 0.15) is 47.3 Å². The van der Waals surface area contributed by atoms with E-state index in [0.717, 1.165) is 42.8 Å². The van der Waals surface area contributed by atoms with Crippen molar-refractivity contribution in [3.8, 4) is 17.0 Å². The lowest BCUT2D eigenvalue weighted by molar-refractivity contribution is 0.0938. The van der Waals surface area contributed by atoms with Crippen molar-refractivity contribution in [2.45, 2.75) is 44.1 Å². The summed E-state index contributed by atoms with van der Waals surface area (Å²) < 4.78 is 20.7. The van der Waals surface area contributed by atoms with Gasteiger partial charge in [-0.3, -0.25) is 9.78 Å². The van der Waals surface area contributed by atoms with Gasteiger partial charge in [-0.1, -0.05) is 6.07 Å². The molecule has 1 atom stereocenters. The fourth-order valence-electron chi connectivity index (χ4n) is 5.41. The molecular formula is C27H30FN5O2. The minimum absolute atomic E-state index is 0.0600. The van der Waals surface area contributed by atoms with E-state index in [-0.39, 0.29) is 17.1 Å². The van der Waals surface area contributed by atoms with Gasteiger partial charge in [0.2, 0.25) is 0 Å². The van der Waals surface area contributed by atoms with Crippen molar-refractivity contribution in [1.82, 2.24) is 20.2 Å². The number of ether oxygens (including phenoxy) is 1. The number of likely N-dealkylation sites (tertiary alicyclic amines) is 1. The first-order valence-electron chi connectivity index (χ1n) is 12.3. The highest BCUT2D eigenvalue weighted by atomic mass is 19.1. The Morgan fingerprint density at radius 2 is 2.17 bits per heavy atom. The lowest BCUT2D eigenvalue weighted by Gasteiger charge is -2.23. The summed E-state index contributed by atoms with van der Waals surface area (Å²) in [5.74, 6) is 0.244. The van der Waals surface area contributed by atoms with E-state index in [4.69, 9.17) is 4.74 Å². The van der Waals surface area contributed by atoms with Crippen LogP contribution >= 0.6 is 0 Å². The molecular weight excluding hydrogens is 445 g/mol. The van der Waals surface area contributed by atoms with Crippen LogP contribution in [0.25, 0.3) is 11.3 Å². The van der Waals surface area contributed by atoms with Crippen LogP contribution in [0.15, 0.2) is 36.7 Å². The zero-order chi connectivity index (χ0) is 24.2. The largest absolute Gasteiger partial charge is 0.490 e. The van der Waals surface area contributed by atoms with Crippen molar-refractivity contribution in [1.29, 1.82) is 0 Å². The average Bonchev–Trinajstić information content (AvgIpc) is 3.36. The Kier molecular flexibility index (Phi) is 5.29. The molecule has 2 aromatic heterocycles. The molecule has 182 valence electrons. The molecule has 1 saturated carbocycles. The number of pyridine rings is 1. The maximum absolute atomic E-state index is 14.4. The molecule has 0 unspecified atom stereocenters. The third kappa shape index (κ3) is 3.76. The summed E-state index contributed by atoms with van der Waals surface area (Å²) in [5, 5.41) is 6.47. The lowest BCUT2D eigenvalue weighted by atomic mass is 9.93. The minimum Gasteiger partial charge on any atom is -0.490 e. The van der Waals surface area contributed by atoms with Crippen LogP contribution in [0, 0.1) is 12.7 Å². The summed E-state index contributed by atoms with van der Waals surface area (Å²) in [6.07, 6.45) is 7.78. The molecule has 35 heavy (non-hydrogen) atoms. The zero-order valence-electron chi connectivity index (χ0n) is 20.1. The molecule has 3 aromatic rings. The summed E-state index contributed by atoms with van der Waals surface area (Å²) >= 11 is 0. The quantitative estimate of drug-likeness (QED) is 0.489. The van der Waals surface area contributed by atoms with Crippen molar-refractivity contribution in [2.75, 3.05) is 32.1 Å². The highest BCUT2D eigenvalue weighted by molar-refractivity contribution is 6.07. The predicted molar refractivity (Wildman–Crippen MR) is 133 cm³/mol. The van der Waals surface area contributed by atoms with Gasteiger partial charge in [0, 0.05) is 46.7 Å². The maximum atomic E-state index is 14.4. The number of carbonyl (C=O) groups is 1. The number of halogens is 1. The van der Waals surface area contributed by atoms with E-state index >= 15 is 0 Å². The number of fused-ring (bicyclic) bond motifs is 2. The molecule has 1 aromatic carbocycles. The van der Waals surface area contributed by atoms with Crippen molar-refractivity contribution in [3.63, 3.8) is 0 Å². The normalized spacial score (nSPS) is 20.5. The number of likely N-dealkylation sites (N-methyl/N-ethyl adjacent to an activating group) is 1. The molecule has 2 aliphatic heterocycles. The van der Waals surface area contributed by atoms with Gasteiger partial charge in [-0.2, -0.15) is 0 Å². The fraction of sp³-hybridized carbons (Fsp3) is 0.407. The molecule has 2 fully saturated rings. The van der Waals surface area contributed by atoms with E-state index < -0.39 is 0 Å². The Bertz CT molecular complexity index is 1300. The molecule has 1 saturated heterocycles. The van der Waals surface area contributed by atoms with E-state index in [9.17, 15) is 9.18 Å². The van der Waals surface area contributed by atoms with Crippen LogP contribution in [0.4, 0.5) is 15.8 Å². The number of nitrogens with one attached hydrogen (secondary N) is 3. The van der Waals surface area contributed by atoms with Crippen molar-refractivity contribution in [3.05, 3.63) is 59.3 Å². The Balaban J connectivity index is 1.45. The number of H-pyrrole nitrogens is 1. The maximum Gasteiger partial charge on any atom is 0.255 e. The molecule has 0 bridgehead atoms. The number of nitrogens with zero attached hydrogens (tertiary/aromatic N) is 2. The Hall–Kier alpha value is -3.39. The molecule has 1 amide bonds. The number of hydrogen-bond donors (Lipinski definition) is 3. The standard InChI is InChI=1S/C27H30FN5O2/c1-16-19(28)6-3-7-20(16)31-24-22-25(27(9-10-27)15-30-26(22)34)32-23(24)18-8-11-29-13-21(18)35-14-17-5-4-12-33(17)2/h3,6-8,11,13,17,31-32H,4-5,9-10,12,14-15H2,1-2H3,(H,30,34)/t17-/m1/s1. The van der Waals surface area contributed by atoms with Crippen LogP contribution < -0.4 is 15.4 Å². The number of amides is 1. The highest BCUT2D eigenvalue weighted by Gasteiger charge is 2.51. The molecule has 7 nitrogen and oxygen atoms in total. The van der Waals surface area contributed by atoms with E-state index in [1.807, 2.05) is 12.1 Å². The molecule has 3 aliphatic rings. The summed E-state index contributed by atoms with van der Waals surface area (Å²) in [5.41, 5.74) is 4.86.